The average molecular weight is 391 g/mol. The van der Waals surface area contributed by atoms with Crippen LogP contribution in [0.3, 0.4) is 0 Å². The van der Waals surface area contributed by atoms with E-state index in [0.29, 0.717) is 35.7 Å². The Hall–Kier alpha value is -1.60. The molecule has 3 rings (SSSR count). The first-order valence-corrected chi connectivity index (χ1v) is 8.68. The van der Waals surface area contributed by atoms with Crippen molar-refractivity contribution in [1.29, 1.82) is 0 Å². The number of benzene rings is 1. The summed E-state index contributed by atoms with van der Waals surface area (Å²) in [5.74, 6) is 0.912. The molecule has 1 aromatic carbocycles. The van der Waals surface area contributed by atoms with E-state index >= 15 is 0 Å². The molecule has 2 aliphatic heterocycles. The van der Waals surface area contributed by atoms with Gasteiger partial charge in [-0.05, 0) is 49.8 Å². The minimum absolute atomic E-state index is 0. The summed E-state index contributed by atoms with van der Waals surface area (Å²) in [6, 6.07) is 5.66. The molecule has 8 heteroatoms. The zero-order valence-electron chi connectivity index (χ0n) is 14.7. The SMILES string of the molecule is COc1ccc(OC(F)F)c(CNC(=O)CC2CC3CCC(C2)N3)c1.Cl. The lowest BCUT2D eigenvalue weighted by Crippen LogP contribution is -2.39. The average Bonchev–Trinajstić information content (AvgIpc) is 2.92. The number of ether oxygens (including phenoxy) is 2. The van der Waals surface area contributed by atoms with Gasteiger partial charge in [-0.15, -0.1) is 12.4 Å². The van der Waals surface area contributed by atoms with Crippen LogP contribution in [0.15, 0.2) is 18.2 Å². The van der Waals surface area contributed by atoms with Gasteiger partial charge < -0.3 is 20.1 Å². The number of carbonyl (C=O) groups excluding carboxylic acids is 1. The van der Waals surface area contributed by atoms with Crippen molar-refractivity contribution in [3.05, 3.63) is 23.8 Å². The minimum atomic E-state index is -2.91. The standard InChI is InChI=1S/C18H24F2N2O3.ClH/c1-24-15-4-5-16(25-18(19)20)12(9-15)10-21-17(23)8-11-6-13-2-3-14(7-11)22-13;/h4-5,9,11,13-14,18,22H,2-3,6-8,10H2,1H3,(H,21,23);1H. The van der Waals surface area contributed by atoms with Gasteiger partial charge in [0.1, 0.15) is 11.5 Å². The van der Waals surface area contributed by atoms with Gasteiger partial charge in [0.15, 0.2) is 0 Å². The van der Waals surface area contributed by atoms with Crippen molar-refractivity contribution in [1.82, 2.24) is 10.6 Å². The third-order valence-electron chi connectivity index (χ3n) is 5.00. The molecule has 2 bridgehead atoms. The number of halogens is 3. The van der Waals surface area contributed by atoms with Crippen LogP contribution in [0.2, 0.25) is 0 Å². The maximum absolute atomic E-state index is 12.5. The fourth-order valence-electron chi connectivity index (χ4n) is 3.90. The van der Waals surface area contributed by atoms with Gasteiger partial charge in [0, 0.05) is 30.6 Å². The summed E-state index contributed by atoms with van der Waals surface area (Å²) in [5, 5.41) is 6.38. The lowest BCUT2D eigenvalue weighted by Gasteiger charge is -2.28. The van der Waals surface area contributed by atoms with E-state index in [2.05, 4.69) is 15.4 Å². The fourth-order valence-corrected chi connectivity index (χ4v) is 3.90. The highest BCUT2D eigenvalue weighted by Gasteiger charge is 2.34. The maximum atomic E-state index is 12.5. The Balaban J connectivity index is 0.00000243. The number of amides is 1. The van der Waals surface area contributed by atoms with Crippen molar-refractivity contribution in [3.63, 3.8) is 0 Å². The number of methoxy groups -OCH3 is 1. The van der Waals surface area contributed by atoms with Crippen molar-refractivity contribution in [3.8, 4) is 11.5 Å². The molecule has 0 saturated carbocycles. The molecule has 2 saturated heterocycles. The third-order valence-corrected chi connectivity index (χ3v) is 5.00. The second-order valence-corrected chi connectivity index (χ2v) is 6.81. The van der Waals surface area contributed by atoms with Crippen molar-refractivity contribution < 1.29 is 23.0 Å². The fraction of sp³-hybridized carbons (Fsp3) is 0.611. The highest BCUT2D eigenvalue weighted by atomic mass is 35.5. The topological polar surface area (TPSA) is 59.6 Å². The Labute approximate surface area is 158 Å². The normalized spacial score (nSPS) is 24.1. The summed E-state index contributed by atoms with van der Waals surface area (Å²) in [5.41, 5.74) is 0.471. The molecule has 0 radical (unpaired) electrons. The van der Waals surface area contributed by atoms with Crippen LogP contribution in [-0.4, -0.2) is 31.7 Å². The summed E-state index contributed by atoms with van der Waals surface area (Å²) in [7, 11) is 1.50. The molecule has 0 spiro atoms. The quantitative estimate of drug-likeness (QED) is 0.750. The third kappa shape index (κ3) is 5.45. The van der Waals surface area contributed by atoms with Crippen LogP contribution in [0.5, 0.6) is 11.5 Å². The van der Waals surface area contributed by atoms with Crippen LogP contribution in [0.25, 0.3) is 0 Å². The van der Waals surface area contributed by atoms with Crippen molar-refractivity contribution in [2.24, 2.45) is 5.92 Å². The smallest absolute Gasteiger partial charge is 0.387 e. The summed E-state index contributed by atoms with van der Waals surface area (Å²) in [6.07, 6.45) is 4.93. The van der Waals surface area contributed by atoms with E-state index in [1.165, 1.54) is 26.0 Å². The predicted octanol–water partition coefficient (Wildman–Crippen LogP) is 3.26. The van der Waals surface area contributed by atoms with Crippen LogP contribution in [-0.2, 0) is 11.3 Å². The largest absolute Gasteiger partial charge is 0.497 e. The van der Waals surface area contributed by atoms with E-state index in [9.17, 15) is 13.6 Å². The number of alkyl halides is 2. The monoisotopic (exact) mass is 390 g/mol. The molecule has 2 aliphatic rings. The van der Waals surface area contributed by atoms with Gasteiger partial charge in [-0.1, -0.05) is 0 Å². The Bertz CT molecular complexity index is 606. The molecule has 146 valence electrons. The predicted molar refractivity (Wildman–Crippen MR) is 96.0 cm³/mol. The van der Waals surface area contributed by atoms with Crippen molar-refractivity contribution in [2.75, 3.05) is 7.11 Å². The van der Waals surface area contributed by atoms with E-state index < -0.39 is 6.61 Å². The number of piperidine rings is 1. The first-order chi connectivity index (χ1) is 12.0. The molecule has 2 N–H and O–H groups in total. The molecule has 1 aromatic rings. The number of nitrogens with one attached hydrogen (secondary N) is 2. The highest BCUT2D eigenvalue weighted by Crippen LogP contribution is 2.32. The molecule has 0 aliphatic carbocycles. The molecule has 5 nitrogen and oxygen atoms in total. The van der Waals surface area contributed by atoms with E-state index in [1.54, 1.807) is 12.1 Å². The van der Waals surface area contributed by atoms with E-state index in [4.69, 9.17) is 4.74 Å². The summed E-state index contributed by atoms with van der Waals surface area (Å²) in [6.45, 7) is -2.77. The maximum Gasteiger partial charge on any atom is 0.387 e. The second kappa shape index (κ2) is 9.37. The molecule has 2 heterocycles. The number of hydrogen-bond donors (Lipinski definition) is 2. The van der Waals surface area contributed by atoms with Crippen molar-refractivity contribution >= 4 is 18.3 Å². The summed E-state index contributed by atoms with van der Waals surface area (Å²) in [4.78, 5) is 12.3. The number of hydrogen-bond acceptors (Lipinski definition) is 4. The van der Waals surface area contributed by atoms with Gasteiger partial charge >= 0.3 is 6.61 Å². The lowest BCUT2D eigenvalue weighted by atomic mass is 9.89. The van der Waals surface area contributed by atoms with Gasteiger partial charge in [-0.2, -0.15) is 8.78 Å². The van der Waals surface area contributed by atoms with E-state index in [1.807, 2.05) is 0 Å². The Morgan fingerprint density at radius 2 is 2.00 bits per heavy atom. The van der Waals surface area contributed by atoms with Gasteiger partial charge in [0.2, 0.25) is 5.91 Å². The van der Waals surface area contributed by atoms with Crippen LogP contribution in [0, 0.1) is 5.92 Å². The van der Waals surface area contributed by atoms with Crippen LogP contribution >= 0.6 is 12.4 Å². The van der Waals surface area contributed by atoms with Gasteiger partial charge in [-0.3, -0.25) is 4.79 Å². The van der Waals surface area contributed by atoms with Crippen LogP contribution in [0.4, 0.5) is 8.78 Å². The van der Waals surface area contributed by atoms with E-state index in [-0.39, 0.29) is 30.6 Å². The molecule has 0 aromatic heterocycles. The Morgan fingerprint density at radius 3 is 2.62 bits per heavy atom. The summed E-state index contributed by atoms with van der Waals surface area (Å²) >= 11 is 0. The molecule has 2 fully saturated rings. The van der Waals surface area contributed by atoms with Crippen LogP contribution < -0.4 is 20.1 Å². The molecule has 26 heavy (non-hydrogen) atoms. The van der Waals surface area contributed by atoms with Crippen molar-refractivity contribution in [2.45, 2.75) is 57.3 Å². The minimum Gasteiger partial charge on any atom is -0.497 e. The van der Waals surface area contributed by atoms with Gasteiger partial charge in [-0.25, -0.2) is 0 Å². The second-order valence-electron chi connectivity index (χ2n) is 6.81. The molecular formula is C18H25ClF2N2O3. The van der Waals surface area contributed by atoms with Crippen LogP contribution in [0.1, 0.15) is 37.7 Å². The molecular weight excluding hydrogens is 366 g/mol. The first-order valence-electron chi connectivity index (χ1n) is 8.68. The summed E-state index contributed by atoms with van der Waals surface area (Å²) < 4.78 is 34.7. The van der Waals surface area contributed by atoms with Gasteiger partial charge in [0.25, 0.3) is 0 Å². The highest BCUT2D eigenvalue weighted by molar-refractivity contribution is 5.85. The zero-order valence-corrected chi connectivity index (χ0v) is 15.5. The number of fused-ring (bicyclic) bond motifs is 2. The van der Waals surface area contributed by atoms with Gasteiger partial charge in [0.05, 0.1) is 7.11 Å². The van der Waals surface area contributed by atoms with E-state index in [0.717, 1.165) is 12.8 Å². The molecule has 2 atom stereocenters. The lowest BCUT2D eigenvalue weighted by molar-refractivity contribution is -0.122. The Morgan fingerprint density at radius 1 is 1.31 bits per heavy atom. The number of carbonyl (C=O) groups is 1. The zero-order chi connectivity index (χ0) is 17.8. The molecule has 1 amide bonds. The Kier molecular flexibility index (Phi) is 7.46. The number of rotatable bonds is 7. The first kappa shape index (κ1) is 20.7. The molecule has 2 unspecified atom stereocenters.